The summed E-state index contributed by atoms with van der Waals surface area (Å²) < 4.78 is 48.5. The summed E-state index contributed by atoms with van der Waals surface area (Å²) in [5.74, 6) is 0.374. The SMILES string of the molecule is O=COC1CC(NC(=O)c2nc(CC3CCCCC3)c(-c3ccc(OCC(F)(F)F)c4ccccc34)s2)C1. The molecule has 1 aromatic heterocycles. The largest absolute Gasteiger partial charge is 0.483 e. The molecule has 10 heteroatoms. The van der Waals surface area contributed by atoms with Gasteiger partial charge in [-0.05, 0) is 29.9 Å². The van der Waals surface area contributed by atoms with Gasteiger partial charge in [-0.3, -0.25) is 9.59 Å². The van der Waals surface area contributed by atoms with Crippen LogP contribution in [-0.2, 0) is 16.0 Å². The molecule has 0 aliphatic heterocycles. The third-order valence-electron chi connectivity index (χ3n) is 7.30. The van der Waals surface area contributed by atoms with Gasteiger partial charge in [0.1, 0.15) is 11.9 Å². The summed E-state index contributed by atoms with van der Waals surface area (Å²) in [4.78, 5) is 29.3. The second-order valence-corrected chi connectivity index (χ2v) is 11.1. The van der Waals surface area contributed by atoms with Crippen LogP contribution in [0.5, 0.6) is 5.75 Å². The van der Waals surface area contributed by atoms with Crippen molar-refractivity contribution >= 4 is 34.5 Å². The number of alkyl halides is 3. The minimum absolute atomic E-state index is 0.0764. The van der Waals surface area contributed by atoms with Crippen molar-refractivity contribution in [3.8, 4) is 16.2 Å². The van der Waals surface area contributed by atoms with E-state index in [-0.39, 0.29) is 23.8 Å². The van der Waals surface area contributed by atoms with Crippen molar-refractivity contribution in [3.05, 3.63) is 47.1 Å². The molecule has 0 spiro atoms. The fraction of sp³-hybridized carbons (Fsp3) is 0.464. The Kier molecular flexibility index (Phi) is 7.88. The molecule has 2 saturated carbocycles. The molecule has 2 aliphatic rings. The van der Waals surface area contributed by atoms with E-state index in [2.05, 4.69) is 5.32 Å². The Labute approximate surface area is 222 Å². The van der Waals surface area contributed by atoms with Crippen LogP contribution in [0.4, 0.5) is 13.2 Å². The number of carbonyl (C=O) groups is 2. The molecule has 0 saturated heterocycles. The number of rotatable bonds is 9. The number of nitrogens with one attached hydrogen (secondary N) is 1. The van der Waals surface area contributed by atoms with Crippen LogP contribution >= 0.6 is 11.3 Å². The van der Waals surface area contributed by atoms with Gasteiger partial charge in [0.05, 0.1) is 10.6 Å². The van der Waals surface area contributed by atoms with Gasteiger partial charge in [-0.15, -0.1) is 11.3 Å². The van der Waals surface area contributed by atoms with E-state index < -0.39 is 12.8 Å². The normalized spacial score (nSPS) is 20.1. The maximum atomic E-state index is 13.1. The van der Waals surface area contributed by atoms with Crippen LogP contribution in [0.2, 0.25) is 0 Å². The number of fused-ring (bicyclic) bond motifs is 1. The molecule has 0 unspecified atom stereocenters. The van der Waals surface area contributed by atoms with Gasteiger partial charge in [-0.1, -0.05) is 56.4 Å². The summed E-state index contributed by atoms with van der Waals surface area (Å²) in [7, 11) is 0. The van der Waals surface area contributed by atoms with Crippen LogP contribution in [0.3, 0.4) is 0 Å². The molecule has 1 N–H and O–H groups in total. The second kappa shape index (κ2) is 11.3. The average Bonchev–Trinajstić information content (AvgIpc) is 3.29. The molecule has 0 bridgehead atoms. The highest BCUT2D eigenvalue weighted by molar-refractivity contribution is 7.17. The van der Waals surface area contributed by atoms with Gasteiger partial charge >= 0.3 is 6.18 Å². The van der Waals surface area contributed by atoms with Gasteiger partial charge in [0, 0.05) is 29.8 Å². The number of benzene rings is 2. The van der Waals surface area contributed by atoms with Crippen LogP contribution in [0.15, 0.2) is 36.4 Å². The fourth-order valence-corrected chi connectivity index (χ4v) is 6.37. The first-order valence-corrected chi connectivity index (χ1v) is 13.7. The highest BCUT2D eigenvalue weighted by Gasteiger charge is 2.33. The maximum absolute atomic E-state index is 13.1. The summed E-state index contributed by atoms with van der Waals surface area (Å²) >= 11 is 1.30. The van der Waals surface area contributed by atoms with E-state index in [0.717, 1.165) is 40.8 Å². The number of nitrogens with zero attached hydrogens (tertiary/aromatic N) is 1. The van der Waals surface area contributed by atoms with Crippen molar-refractivity contribution in [1.82, 2.24) is 10.3 Å². The Morgan fingerprint density at radius 1 is 1.08 bits per heavy atom. The first-order valence-electron chi connectivity index (χ1n) is 12.9. The van der Waals surface area contributed by atoms with E-state index in [1.165, 1.54) is 30.6 Å². The number of halogens is 3. The zero-order chi connectivity index (χ0) is 26.7. The summed E-state index contributed by atoms with van der Waals surface area (Å²) in [6.45, 7) is -0.939. The molecule has 2 aliphatic carbocycles. The van der Waals surface area contributed by atoms with Crippen LogP contribution in [0.1, 0.15) is 60.4 Å². The lowest BCUT2D eigenvalue weighted by Crippen LogP contribution is -2.47. The van der Waals surface area contributed by atoms with Crippen LogP contribution < -0.4 is 10.1 Å². The Bertz CT molecular complexity index is 1300. The molecular formula is C28H29F3N2O4S. The zero-order valence-electron chi connectivity index (χ0n) is 20.8. The van der Waals surface area contributed by atoms with Crippen LogP contribution in [-0.4, -0.2) is 42.3 Å². The van der Waals surface area contributed by atoms with E-state index in [9.17, 15) is 22.8 Å². The minimum Gasteiger partial charge on any atom is -0.483 e. The van der Waals surface area contributed by atoms with Crippen molar-refractivity contribution in [2.24, 2.45) is 5.92 Å². The molecular weight excluding hydrogens is 517 g/mol. The number of ether oxygens (including phenoxy) is 2. The predicted octanol–water partition coefficient (Wildman–Crippen LogP) is 6.46. The Balaban J connectivity index is 1.46. The standard InChI is InChI=1S/C28H29F3N2O4S/c29-28(30,31)15-36-24-11-10-22(20-8-4-5-9-21(20)24)25-23(12-17-6-2-1-3-7-17)33-27(38-25)26(35)32-18-13-19(14-18)37-16-34/h4-5,8-11,16-19H,1-3,6-7,12-15H2,(H,32,35). The predicted molar refractivity (Wildman–Crippen MR) is 138 cm³/mol. The topological polar surface area (TPSA) is 77.5 Å². The fourth-order valence-electron chi connectivity index (χ4n) is 5.34. The molecule has 2 aromatic carbocycles. The second-order valence-electron chi connectivity index (χ2n) is 10.1. The number of carbonyl (C=O) groups excluding carboxylic acids is 2. The zero-order valence-corrected chi connectivity index (χ0v) is 21.6. The molecule has 5 rings (SSSR count). The number of aromatic nitrogens is 1. The first-order chi connectivity index (χ1) is 18.3. The third kappa shape index (κ3) is 6.11. The van der Waals surface area contributed by atoms with E-state index in [4.69, 9.17) is 14.5 Å². The van der Waals surface area contributed by atoms with Gasteiger partial charge in [0.15, 0.2) is 11.6 Å². The van der Waals surface area contributed by atoms with Crippen molar-refractivity contribution < 1.29 is 32.2 Å². The Morgan fingerprint density at radius 3 is 2.53 bits per heavy atom. The van der Waals surface area contributed by atoms with Gasteiger partial charge in [0.25, 0.3) is 12.4 Å². The van der Waals surface area contributed by atoms with E-state index in [0.29, 0.717) is 35.6 Å². The quantitative estimate of drug-likeness (QED) is 0.312. The molecule has 0 atom stereocenters. The summed E-state index contributed by atoms with van der Waals surface area (Å²) in [6.07, 6.45) is 3.10. The molecule has 3 aromatic rings. The Hall–Kier alpha value is -3.14. The maximum Gasteiger partial charge on any atom is 0.422 e. The molecule has 202 valence electrons. The van der Waals surface area contributed by atoms with Gasteiger partial charge in [-0.2, -0.15) is 13.2 Å². The third-order valence-corrected chi connectivity index (χ3v) is 8.43. The van der Waals surface area contributed by atoms with E-state index in [1.807, 2.05) is 12.1 Å². The summed E-state index contributed by atoms with van der Waals surface area (Å²) in [5.41, 5.74) is 1.67. The average molecular weight is 547 g/mol. The molecule has 6 nitrogen and oxygen atoms in total. The monoisotopic (exact) mass is 546 g/mol. The number of hydrogen-bond acceptors (Lipinski definition) is 6. The van der Waals surface area contributed by atoms with Gasteiger partial charge < -0.3 is 14.8 Å². The summed E-state index contributed by atoms with van der Waals surface area (Å²) in [6, 6.07) is 10.5. The lowest BCUT2D eigenvalue weighted by molar-refractivity contribution is -0.153. The highest BCUT2D eigenvalue weighted by Crippen LogP contribution is 2.41. The van der Waals surface area contributed by atoms with Crippen molar-refractivity contribution in [2.75, 3.05) is 6.61 Å². The van der Waals surface area contributed by atoms with E-state index in [1.54, 1.807) is 24.3 Å². The number of hydrogen-bond donors (Lipinski definition) is 1. The molecule has 0 radical (unpaired) electrons. The number of thiazole rings is 1. The number of amides is 1. The van der Waals surface area contributed by atoms with Gasteiger partial charge in [-0.25, -0.2) is 4.98 Å². The highest BCUT2D eigenvalue weighted by atomic mass is 32.1. The van der Waals surface area contributed by atoms with Crippen LogP contribution in [0.25, 0.3) is 21.2 Å². The lowest BCUT2D eigenvalue weighted by Gasteiger charge is -2.33. The molecule has 38 heavy (non-hydrogen) atoms. The molecule has 1 amide bonds. The smallest absolute Gasteiger partial charge is 0.422 e. The van der Waals surface area contributed by atoms with Crippen molar-refractivity contribution in [2.45, 2.75) is 69.7 Å². The first kappa shape index (κ1) is 26.5. The lowest BCUT2D eigenvalue weighted by atomic mass is 9.85. The minimum atomic E-state index is -4.44. The molecule has 1 heterocycles. The molecule has 2 fully saturated rings. The summed E-state index contributed by atoms with van der Waals surface area (Å²) in [5, 5.41) is 4.66. The van der Waals surface area contributed by atoms with Crippen molar-refractivity contribution in [1.29, 1.82) is 0 Å². The van der Waals surface area contributed by atoms with Crippen LogP contribution in [0, 0.1) is 5.92 Å². The van der Waals surface area contributed by atoms with E-state index >= 15 is 0 Å². The van der Waals surface area contributed by atoms with Gasteiger partial charge in [0.2, 0.25) is 0 Å². The Morgan fingerprint density at radius 2 is 1.82 bits per heavy atom. The van der Waals surface area contributed by atoms with Crippen molar-refractivity contribution in [3.63, 3.8) is 0 Å².